The van der Waals surface area contributed by atoms with Crippen molar-refractivity contribution in [2.24, 2.45) is 0 Å². The van der Waals surface area contributed by atoms with E-state index in [1.54, 1.807) is 6.92 Å². The molecule has 0 atom stereocenters. The largest absolute Gasteiger partial charge is 0.462 e. The fourth-order valence-corrected chi connectivity index (χ4v) is 3.78. The van der Waals surface area contributed by atoms with Crippen molar-refractivity contribution in [2.45, 2.75) is 60.3 Å². The highest BCUT2D eigenvalue weighted by atomic mass is 32.1. The lowest BCUT2D eigenvalue weighted by Gasteiger charge is -2.18. The SMILES string of the molecule is CCCC[NH+](CCCC)CC(=O)Nc1sc(C)c(C)c1C(=O)OCC. The molecule has 0 aromatic carbocycles. The average molecular weight is 370 g/mol. The maximum Gasteiger partial charge on any atom is 0.341 e. The Morgan fingerprint density at radius 3 is 2.20 bits per heavy atom. The van der Waals surface area contributed by atoms with Crippen molar-refractivity contribution < 1.29 is 19.2 Å². The summed E-state index contributed by atoms with van der Waals surface area (Å²) >= 11 is 1.44. The van der Waals surface area contributed by atoms with Crippen LogP contribution in [-0.4, -0.2) is 38.1 Å². The molecule has 6 heteroatoms. The number of thiophene rings is 1. The van der Waals surface area contributed by atoms with E-state index in [1.807, 2.05) is 13.8 Å². The van der Waals surface area contributed by atoms with Crippen molar-refractivity contribution >= 4 is 28.2 Å². The van der Waals surface area contributed by atoms with Crippen LogP contribution >= 0.6 is 11.3 Å². The molecule has 0 fully saturated rings. The smallest absolute Gasteiger partial charge is 0.341 e. The number of esters is 1. The fraction of sp³-hybridized carbons (Fsp3) is 0.684. The first kappa shape index (κ1) is 21.6. The van der Waals surface area contributed by atoms with Crippen LogP contribution in [0, 0.1) is 13.8 Å². The number of hydrogen-bond acceptors (Lipinski definition) is 4. The predicted molar refractivity (Wildman–Crippen MR) is 104 cm³/mol. The summed E-state index contributed by atoms with van der Waals surface area (Å²) < 4.78 is 5.14. The minimum Gasteiger partial charge on any atom is -0.462 e. The molecule has 0 unspecified atom stereocenters. The van der Waals surface area contributed by atoms with Crippen LogP contribution in [0.15, 0.2) is 0 Å². The highest BCUT2D eigenvalue weighted by molar-refractivity contribution is 7.16. The van der Waals surface area contributed by atoms with Gasteiger partial charge in [0, 0.05) is 4.88 Å². The van der Waals surface area contributed by atoms with E-state index in [0.717, 1.165) is 49.2 Å². The maximum absolute atomic E-state index is 12.5. The van der Waals surface area contributed by atoms with Gasteiger partial charge in [0.05, 0.1) is 25.3 Å². The Morgan fingerprint density at radius 1 is 1.08 bits per heavy atom. The lowest BCUT2D eigenvalue weighted by atomic mass is 10.1. The molecular weight excluding hydrogens is 336 g/mol. The number of aryl methyl sites for hydroxylation is 1. The van der Waals surface area contributed by atoms with Gasteiger partial charge in [-0.15, -0.1) is 11.3 Å². The highest BCUT2D eigenvalue weighted by Gasteiger charge is 2.23. The second kappa shape index (κ2) is 11.3. The lowest BCUT2D eigenvalue weighted by molar-refractivity contribution is -0.892. The van der Waals surface area contributed by atoms with E-state index in [4.69, 9.17) is 4.74 Å². The maximum atomic E-state index is 12.5. The third-order valence-corrected chi connectivity index (χ3v) is 5.42. The third kappa shape index (κ3) is 6.78. The zero-order valence-corrected chi connectivity index (χ0v) is 17.1. The average Bonchev–Trinajstić information content (AvgIpc) is 2.84. The number of quaternary nitrogens is 1. The van der Waals surface area contributed by atoms with Crippen molar-refractivity contribution in [3.8, 4) is 0 Å². The van der Waals surface area contributed by atoms with Crippen molar-refractivity contribution in [2.75, 3.05) is 31.6 Å². The summed E-state index contributed by atoms with van der Waals surface area (Å²) in [7, 11) is 0. The van der Waals surface area contributed by atoms with Crippen molar-refractivity contribution in [3.63, 3.8) is 0 Å². The van der Waals surface area contributed by atoms with Gasteiger partial charge >= 0.3 is 5.97 Å². The Hall–Kier alpha value is -1.40. The first-order valence-corrected chi connectivity index (χ1v) is 10.2. The number of hydrogen-bond donors (Lipinski definition) is 2. The Balaban J connectivity index is 2.80. The van der Waals surface area contributed by atoms with Gasteiger partial charge in [-0.05, 0) is 39.2 Å². The summed E-state index contributed by atoms with van der Waals surface area (Å²) in [6.07, 6.45) is 4.51. The van der Waals surface area contributed by atoms with E-state index in [9.17, 15) is 9.59 Å². The molecule has 142 valence electrons. The first-order chi connectivity index (χ1) is 11.9. The minimum atomic E-state index is -0.360. The zero-order valence-electron chi connectivity index (χ0n) is 16.3. The molecule has 0 aliphatic heterocycles. The number of anilines is 1. The molecule has 25 heavy (non-hydrogen) atoms. The van der Waals surface area contributed by atoms with Crippen LogP contribution in [0.25, 0.3) is 0 Å². The summed E-state index contributed by atoms with van der Waals surface area (Å²) in [5.74, 6) is -0.394. The molecule has 0 spiro atoms. The number of amides is 1. The van der Waals surface area contributed by atoms with Crippen LogP contribution in [0.3, 0.4) is 0 Å². The van der Waals surface area contributed by atoms with E-state index >= 15 is 0 Å². The molecule has 0 saturated heterocycles. The van der Waals surface area contributed by atoms with Gasteiger partial charge in [-0.1, -0.05) is 26.7 Å². The molecule has 0 aliphatic carbocycles. The third-order valence-electron chi connectivity index (χ3n) is 4.30. The molecule has 2 N–H and O–H groups in total. The molecule has 0 aliphatic rings. The topological polar surface area (TPSA) is 59.8 Å². The fourth-order valence-electron chi connectivity index (χ4n) is 2.72. The van der Waals surface area contributed by atoms with Crippen LogP contribution < -0.4 is 10.2 Å². The summed E-state index contributed by atoms with van der Waals surface area (Å²) in [6.45, 7) is 12.8. The Bertz CT molecular complexity index is 561. The minimum absolute atomic E-state index is 0.0333. The molecule has 5 nitrogen and oxygen atoms in total. The second-order valence-corrected chi connectivity index (χ2v) is 7.61. The van der Waals surface area contributed by atoms with Gasteiger partial charge < -0.3 is 15.0 Å². The summed E-state index contributed by atoms with van der Waals surface area (Å²) in [5, 5.41) is 3.57. The molecule has 1 aromatic heterocycles. The van der Waals surface area contributed by atoms with Gasteiger partial charge in [0.25, 0.3) is 5.91 Å². The molecule has 1 aromatic rings. The zero-order chi connectivity index (χ0) is 18.8. The van der Waals surface area contributed by atoms with Gasteiger partial charge in [-0.2, -0.15) is 0 Å². The summed E-state index contributed by atoms with van der Waals surface area (Å²) in [5.41, 5.74) is 1.39. The molecular formula is C19H33N2O3S+. The van der Waals surface area contributed by atoms with E-state index in [0.29, 0.717) is 23.7 Å². The molecule has 0 saturated carbocycles. The second-order valence-electron chi connectivity index (χ2n) is 6.39. The Morgan fingerprint density at radius 2 is 1.68 bits per heavy atom. The van der Waals surface area contributed by atoms with Gasteiger partial charge in [-0.25, -0.2) is 4.79 Å². The van der Waals surface area contributed by atoms with Crippen molar-refractivity contribution in [1.82, 2.24) is 0 Å². The number of ether oxygens (including phenoxy) is 1. The lowest BCUT2D eigenvalue weighted by Crippen LogP contribution is -3.13. The number of nitrogens with one attached hydrogen (secondary N) is 2. The Labute approximate surface area is 155 Å². The predicted octanol–water partition coefficient (Wildman–Crippen LogP) is 2.97. The summed E-state index contributed by atoms with van der Waals surface area (Å²) in [4.78, 5) is 27.1. The van der Waals surface area contributed by atoms with Crippen molar-refractivity contribution in [1.29, 1.82) is 0 Å². The van der Waals surface area contributed by atoms with E-state index in [1.165, 1.54) is 16.2 Å². The molecule has 0 bridgehead atoms. The normalized spacial score (nSPS) is 11.0. The van der Waals surface area contributed by atoms with E-state index in [2.05, 4.69) is 19.2 Å². The standard InChI is InChI=1S/C19H32N2O3S/c1-6-9-11-21(12-10-7-2)13-16(22)20-18-17(19(23)24-8-3)14(4)15(5)25-18/h6-13H2,1-5H3,(H,20,22)/p+1. The van der Waals surface area contributed by atoms with Gasteiger partial charge in [0.1, 0.15) is 5.00 Å². The van der Waals surface area contributed by atoms with Crippen molar-refractivity contribution in [3.05, 3.63) is 16.0 Å². The monoisotopic (exact) mass is 369 g/mol. The Kier molecular flexibility index (Phi) is 9.75. The van der Waals surface area contributed by atoms with Crippen LogP contribution in [-0.2, 0) is 9.53 Å². The number of rotatable bonds is 11. The van der Waals surface area contributed by atoms with Crippen LogP contribution in [0.2, 0.25) is 0 Å². The molecule has 1 heterocycles. The van der Waals surface area contributed by atoms with Crippen LogP contribution in [0.4, 0.5) is 5.00 Å². The van der Waals surface area contributed by atoms with Gasteiger partial charge in [0.2, 0.25) is 0 Å². The number of unbranched alkanes of at least 4 members (excludes halogenated alkanes) is 2. The number of carbonyl (C=O) groups excluding carboxylic acids is 2. The molecule has 1 rings (SSSR count). The van der Waals surface area contributed by atoms with Gasteiger partial charge in [-0.3, -0.25) is 4.79 Å². The first-order valence-electron chi connectivity index (χ1n) is 9.34. The molecule has 1 amide bonds. The van der Waals surface area contributed by atoms with E-state index < -0.39 is 0 Å². The van der Waals surface area contributed by atoms with Crippen LogP contribution in [0.5, 0.6) is 0 Å². The van der Waals surface area contributed by atoms with Crippen LogP contribution in [0.1, 0.15) is 67.3 Å². The quantitative estimate of drug-likeness (QED) is 0.590. The number of carbonyl (C=O) groups is 2. The highest BCUT2D eigenvalue weighted by Crippen LogP contribution is 2.32. The summed E-state index contributed by atoms with van der Waals surface area (Å²) in [6, 6.07) is 0. The van der Waals surface area contributed by atoms with E-state index in [-0.39, 0.29) is 11.9 Å². The molecule has 0 radical (unpaired) electrons. The van der Waals surface area contributed by atoms with Gasteiger partial charge in [0.15, 0.2) is 6.54 Å².